The lowest BCUT2D eigenvalue weighted by molar-refractivity contribution is -0.122. The summed E-state index contributed by atoms with van der Waals surface area (Å²) >= 11 is 0. The summed E-state index contributed by atoms with van der Waals surface area (Å²) in [4.78, 5) is 23.6. The number of hydrogen-bond donors (Lipinski definition) is 2. The normalized spacial score (nSPS) is 9.46. The molecule has 26 heavy (non-hydrogen) atoms. The number of carbonyl (C=O) groups is 2. The molecule has 0 saturated heterocycles. The average Bonchev–Trinajstić information content (AvgIpc) is 2.69. The maximum absolute atomic E-state index is 11.8. The zero-order valence-corrected chi connectivity index (χ0v) is 14.7. The molecule has 0 aliphatic carbocycles. The van der Waals surface area contributed by atoms with Crippen molar-refractivity contribution in [3.8, 4) is 23.3 Å². The fourth-order valence-electron chi connectivity index (χ4n) is 2.14. The van der Waals surface area contributed by atoms with Crippen LogP contribution in [0, 0.1) is 11.8 Å². The van der Waals surface area contributed by atoms with Crippen molar-refractivity contribution in [2.24, 2.45) is 0 Å². The van der Waals surface area contributed by atoms with Crippen LogP contribution >= 0.6 is 0 Å². The second-order valence-electron chi connectivity index (χ2n) is 5.14. The average molecular weight is 352 g/mol. The van der Waals surface area contributed by atoms with Gasteiger partial charge < -0.3 is 20.1 Å². The van der Waals surface area contributed by atoms with Crippen molar-refractivity contribution in [3.05, 3.63) is 59.7 Å². The largest absolute Gasteiger partial charge is 0.493 e. The number of para-hydroxylation sites is 2. The Morgan fingerprint density at radius 1 is 1.04 bits per heavy atom. The second-order valence-corrected chi connectivity index (χ2v) is 5.14. The molecular weight excluding hydrogens is 332 g/mol. The Kier molecular flexibility index (Phi) is 7.07. The fraction of sp³-hybridized carbons (Fsp3) is 0.200. The van der Waals surface area contributed by atoms with E-state index >= 15 is 0 Å². The molecule has 0 spiro atoms. The number of ether oxygens (including phenoxy) is 2. The monoisotopic (exact) mass is 352 g/mol. The molecule has 0 aliphatic rings. The summed E-state index contributed by atoms with van der Waals surface area (Å²) in [6, 6.07) is 14.1. The van der Waals surface area contributed by atoms with Crippen molar-refractivity contribution < 1.29 is 19.1 Å². The van der Waals surface area contributed by atoms with Gasteiger partial charge in [-0.3, -0.25) is 9.59 Å². The van der Waals surface area contributed by atoms with Crippen LogP contribution in [0.25, 0.3) is 0 Å². The minimum Gasteiger partial charge on any atom is -0.493 e. The maximum Gasteiger partial charge on any atom is 0.258 e. The molecule has 0 aromatic heterocycles. The maximum atomic E-state index is 11.8. The number of amides is 2. The molecule has 6 heteroatoms. The van der Waals surface area contributed by atoms with Gasteiger partial charge in [-0.05, 0) is 24.3 Å². The Morgan fingerprint density at radius 3 is 2.46 bits per heavy atom. The predicted octanol–water partition coefficient (Wildman–Crippen LogP) is 1.60. The van der Waals surface area contributed by atoms with Gasteiger partial charge in [0, 0.05) is 12.6 Å². The highest BCUT2D eigenvalue weighted by Crippen LogP contribution is 2.25. The van der Waals surface area contributed by atoms with Gasteiger partial charge in [-0.25, -0.2) is 0 Å². The van der Waals surface area contributed by atoms with E-state index in [1.807, 2.05) is 6.07 Å². The van der Waals surface area contributed by atoms with E-state index in [1.165, 1.54) is 7.11 Å². The van der Waals surface area contributed by atoms with Crippen LogP contribution < -0.4 is 20.1 Å². The molecule has 2 aromatic carbocycles. The molecule has 2 N–H and O–H groups in total. The van der Waals surface area contributed by atoms with E-state index in [4.69, 9.17) is 9.47 Å². The van der Waals surface area contributed by atoms with Crippen molar-refractivity contribution in [1.29, 1.82) is 0 Å². The summed E-state index contributed by atoms with van der Waals surface area (Å²) in [7, 11) is 3.10. The minimum absolute atomic E-state index is 0.142. The van der Waals surface area contributed by atoms with Gasteiger partial charge in [0.2, 0.25) is 0 Å². The summed E-state index contributed by atoms with van der Waals surface area (Å²) in [6.45, 7) is 0.00702. The first-order valence-corrected chi connectivity index (χ1v) is 7.98. The van der Waals surface area contributed by atoms with E-state index in [2.05, 4.69) is 22.5 Å². The van der Waals surface area contributed by atoms with Gasteiger partial charge >= 0.3 is 0 Å². The summed E-state index contributed by atoms with van der Waals surface area (Å²) in [5, 5.41) is 5.21. The summed E-state index contributed by atoms with van der Waals surface area (Å²) in [6.07, 6.45) is 0. The lowest BCUT2D eigenvalue weighted by atomic mass is 10.1. The first kappa shape index (κ1) is 18.9. The van der Waals surface area contributed by atoms with E-state index in [1.54, 1.807) is 49.5 Å². The van der Waals surface area contributed by atoms with Crippen molar-refractivity contribution in [2.75, 3.05) is 27.3 Å². The van der Waals surface area contributed by atoms with Crippen LogP contribution in [0.1, 0.15) is 15.9 Å². The minimum atomic E-state index is -0.301. The fourth-order valence-corrected chi connectivity index (χ4v) is 2.14. The lowest BCUT2D eigenvalue weighted by Gasteiger charge is -2.09. The standard InChI is InChI=1S/C20H20N2O4/c1-21-20(24)16-10-4-3-8-15(16)9-7-13-22-19(23)14-26-18-12-6-5-11-17(18)25-2/h3-6,8,10-12H,13-14H2,1-2H3,(H,21,24)(H,22,23). The molecule has 0 aliphatic heterocycles. The van der Waals surface area contributed by atoms with Crippen molar-refractivity contribution in [3.63, 3.8) is 0 Å². The number of methoxy groups -OCH3 is 1. The van der Waals surface area contributed by atoms with Gasteiger partial charge in [-0.1, -0.05) is 36.1 Å². The SMILES string of the molecule is CNC(=O)c1ccccc1C#CCNC(=O)COc1ccccc1OC. The van der Waals surface area contributed by atoms with Crippen LogP contribution in [0.2, 0.25) is 0 Å². The molecule has 2 aromatic rings. The second kappa shape index (κ2) is 9.74. The quantitative estimate of drug-likeness (QED) is 0.775. The van der Waals surface area contributed by atoms with Crippen LogP contribution in [0.15, 0.2) is 48.5 Å². The summed E-state index contributed by atoms with van der Waals surface area (Å²) < 4.78 is 10.6. The van der Waals surface area contributed by atoms with Crippen molar-refractivity contribution in [1.82, 2.24) is 10.6 Å². The van der Waals surface area contributed by atoms with E-state index in [0.717, 1.165) is 0 Å². The lowest BCUT2D eigenvalue weighted by Crippen LogP contribution is -2.29. The molecule has 0 radical (unpaired) electrons. The van der Waals surface area contributed by atoms with Gasteiger partial charge in [0.05, 0.1) is 19.2 Å². The molecule has 2 amide bonds. The van der Waals surface area contributed by atoms with Gasteiger partial charge in [-0.15, -0.1) is 0 Å². The summed E-state index contributed by atoms with van der Waals surface area (Å²) in [5.41, 5.74) is 1.10. The number of hydrogen-bond acceptors (Lipinski definition) is 4. The smallest absolute Gasteiger partial charge is 0.258 e. The van der Waals surface area contributed by atoms with E-state index in [-0.39, 0.29) is 25.0 Å². The van der Waals surface area contributed by atoms with Crippen molar-refractivity contribution in [2.45, 2.75) is 0 Å². The molecule has 0 fully saturated rings. The molecule has 0 saturated carbocycles. The number of nitrogens with one attached hydrogen (secondary N) is 2. The number of rotatable bonds is 6. The zero-order valence-electron chi connectivity index (χ0n) is 14.7. The van der Waals surface area contributed by atoms with Crippen LogP contribution in [0.5, 0.6) is 11.5 Å². The Bertz CT molecular complexity index is 837. The zero-order chi connectivity index (χ0) is 18.8. The third-order valence-corrected chi connectivity index (χ3v) is 3.42. The highest BCUT2D eigenvalue weighted by Gasteiger charge is 2.07. The third kappa shape index (κ3) is 5.28. The molecule has 2 rings (SSSR count). The van der Waals surface area contributed by atoms with Crippen LogP contribution in [0.4, 0.5) is 0 Å². The highest BCUT2D eigenvalue weighted by molar-refractivity contribution is 5.96. The highest BCUT2D eigenvalue weighted by atomic mass is 16.5. The van der Waals surface area contributed by atoms with E-state index in [9.17, 15) is 9.59 Å². The molecule has 6 nitrogen and oxygen atoms in total. The Morgan fingerprint density at radius 2 is 1.73 bits per heavy atom. The van der Waals surface area contributed by atoms with Gasteiger partial charge in [0.15, 0.2) is 18.1 Å². The first-order chi connectivity index (χ1) is 12.7. The van der Waals surface area contributed by atoms with Crippen LogP contribution in [-0.2, 0) is 4.79 Å². The predicted molar refractivity (Wildman–Crippen MR) is 98.2 cm³/mol. The molecule has 0 bridgehead atoms. The third-order valence-electron chi connectivity index (χ3n) is 3.42. The number of carbonyl (C=O) groups excluding carboxylic acids is 2. The Hall–Kier alpha value is -3.46. The summed E-state index contributed by atoms with van der Waals surface area (Å²) in [5.74, 6) is 6.27. The van der Waals surface area contributed by atoms with Crippen molar-refractivity contribution >= 4 is 11.8 Å². The van der Waals surface area contributed by atoms with E-state index < -0.39 is 0 Å². The molecule has 0 atom stereocenters. The first-order valence-electron chi connectivity index (χ1n) is 7.98. The number of benzene rings is 2. The Labute approximate surface area is 152 Å². The molecular formula is C20H20N2O4. The topological polar surface area (TPSA) is 76.7 Å². The van der Waals surface area contributed by atoms with E-state index in [0.29, 0.717) is 22.6 Å². The van der Waals surface area contributed by atoms with Gasteiger partial charge in [0.1, 0.15) is 0 Å². The molecule has 0 heterocycles. The Balaban J connectivity index is 1.86. The van der Waals surface area contributed by atoms with Gasteiger partial charge in [-0.2, -0.15) is 0 Å². The molecule has 0 unspecified atom stereocenters. The molecule has 134 valence electrons. The van der Waals surface area contributed by atoms with Crippen LogP contribution in [-0.4, -0.2) is 39.1 Å². The van der Waals surface area contributed by atoms with Crippen LogP contribution in [0.3, 0.4) is 0 Å². The van der Waals surface area contributed by atoms with Gasteiger partial charge in [0.25, 0.3) is 11.8 Å².